The van der Waals surface area contributed by atoms with Gasteiger partial charge >= 0.3 is 0 Å². The molecule has 0 spiro atoms. The third kappa shape index (κ3) is 4.22. The molecule has 1 aromatic heterocycles. The third-order valence-corrected chi connectivity index (χ3v) is 9.44. The molecule has 0 saturated heterocycles. The van der Waals surface area contributed by atoms with Gasteiger partial charge in [0.15, 0.2) is 0 Å². The lowest BCUT2D eigenvalue weighted by atomic mass is 9.82. The lowest BCUT2D eigenvalue weighted by Crippen LogP contribution is -1.97. The van der Waals surface area contributed by atoms with E-state index in [0.717, 1.165) is 83.1 Å². The Balaban J connectivity index is 1.42. The summed E-state index contributed by atoms with van der Waals surface area (Å²) in [5.74, 6) is 3.17. The molecule has 0 fully saturated rings. The second-order valence-corrected chi connectivity index (χ2v) is 12.1. The van der Waals surface area contributed by atoms with Gasteiger partial charge in [-0.1, -0.05) is 115 Å². The van der Waals surface area contributed by atoms with E-state index in [9.17, 15) is 5.11 Å². The maximum Gasteiger partial charge on any atom is 0.135 e. The van der Waals surface area contributed by atoms with E-state index in [0.29, 0.717) is 10.9 Å². The average molecular weight is 601 g/mol. The van der Waals surface area contributed by atoms with Crippen molar-refractivity contribution in [2.75, 3.05) is 0 Å². The van der Waals surface area contributed by atoms with E-state index in [4.69, 9.17) is 10.8 Å². The van der Waals surface area contributed by atoms with Crippen LogP contribution in [0.1, 0.15) is 17.5 Å². The van der Waals surface area contributed by atoms with Crippen LogP contribution in [-0.4, -0.2) is 5.11 Å². The number of fused-ring (bicyclic) bond motifs is 6. The summed E-state index contributed by atoms with van der Waals surface area (Å²) in [6.07, 6.45) is 17.7. The van der Waals surface area contributed by atoms with Gasteiger partial charge in [-0.25, -0.2) is 0 Å². The quantitative estimate of drug-likeness (QED) is 0.162. The molecule has 1 heterocycles. The van der Waals surface area contributed by atoms with Gasteiger partial charge in [-0.15, -0.1) is 6.42 Å². The number of phenolic OH excluding ortho intramolecular Hbond substituents is 1. The number of allylic oxidation sites excluding steroid dienone is 5. The molecule has 47 heavy (non-hydrogen) atoms. The van der Waals surface area contributed by atoms with Gasteiger partial charge in [0.25, 0.3) is 0 Å². The first-order valence-electron chi connectivity index (χ1n) is 15.8. The van der Waals surface area contributed by atoms with Crippen LogP contribution in [0, 0.1) is 12.3 Å². The monoisotopic (exact) mass is 600 g/mol. The SMILES string of the molecule is C#Cc1c(/C=C2/C=CC=CC2)c(-c2c3ccccc3c(-c3ccc4oc5ccccc5c4c3)c3ccccc23)cc2cccc(O)c12. The highest BCUT2D eigenvalue weighted by Gasteiger charge is 2.22. The van der Waals surface area contributed by atoms with Gasteiger partial charge in [-0.05, 0) is 103 Å². The highest BCUT2D eigenvalue weighted by Crippen LogP contribution is 2.47. The summed E-state index contributed by atoms with van der Waals surface area (Å²) < 4.78 is 6.19. The smallest absolute Gasteiger partial charge is 0.135 e. The summed E-state index contributed by atoms with van der Waals surface area (Å²) in [4.78, 5) is 0. The molecular formula is C45H28O2. The third-order valence-electron chi connectivity index (χ3n) is 9.44. The molecule has 2 heteroatoms. The second-order valence-electron chi connectivity index (χ2n) is 12.1. The van der Waals surface area contributed by atoms with Crippen LogP contribution in [-0.2, 0) is 0 Å². The Labute approximate surface area is 272 Å². The minimum absolute atomic E-state index is 0.188. The Morgan fingerprint density at radius 3 is 2.04 bits per heavy atom. The number of aromatic hydroxyl groups is 1. The highest BCUT2D eigenvalue weighted by atomic mass is 16.3. The van der Waals surface area contributed by atoms with Crippen LogP contribution < -0.4 is 0 Å². The minimum atomic E-state index is 0.188. The van der Waals surface area contributed by atoms with Gasteiger partial charge in [-0.2, -0.15) is 0 Å². The highest BCUT2D eigenvalue weighted by molar-refractivity contribution is 6.23. The standard InChI is InChI=1S/C45H28O2/c1-2-31-37(25-28-13-4-3-5-14-28)39(27-29-15-12-21-40(46)44(29)31)45-35-19-8-6-17-33(35)43(34-18-7-9-20-36(34)45)30-23-24-42-38(26-30)32-16-10-11-22-41(32)47-42/h1,3-13,15-27,46H,14H2/b28-25-. The van der Waals surface area contributed by atoms with E-state index >= 15 is 0 Å². The Morgan fingerprint density at radius 1 is 0.660 bits per heavy atom. The van der Waals surface area contributed by atoms with Gasteiger partial charge in [0, 0.05) is 21.7 Å². The first-order valence-corrected chi connectivity index (χ1v) is 15.8. The van der Waals surface area contributed by atoms with Crippen molar-refractivity contribution in [3.63, 3.8) is 0 Å². The van der Waals surface area contributed by atoms with E-state index < -0.39 is 0 Å². The van der Waals surface area contributed by atoms with Gasteiger partial charge in [0.1, 0.15) is 16.9 Å². The Morgan fingerprint density at radius 2 is 1.34 bits per heavy atom. The molecule has 9 rings (SSSR count). The van der Waals surface area contributed by atoms with E-state index in [2.05, 4.69) is 121 Å². The first kappa shape index (κ1) is 27.0. The van der Waals surface area contributed by atoms with E-state index in [-0.39, 0.29) is 5.75 Å². The number of furan rings is 1. The largest absolute Gasteiger partial charge is 0.507 e. The second kappa shape index (κ2) is 10.7. The molecule has 0 bridgehead atoms. The number of para-hydroxylation sites is 1. The minimum Gasteiger partial charge on any atom is -0.507 e. The van der Waals surface area contributed by atoms with Crippen LogP contribution in [0.5, 0.6) is 5.75 Å². The van der Waals surface area contributed by atoms with E-state index in [1.165, 1.54) is 5.56 Å². The number of phenols is 1. The van der Waals surface area contributed by atoms with Gasteiger partial charge in [0.05, 0.1) is 0 Å². The normalized spacial score (nSPS) is 13.8. The molecule has 0 saturated carbocycles. The van der Waals surface area contributed by atoms with Crippen molar-refractivity contribution < 1.29 is 9.52 Å². The number of rotatable bonds is 3. The van der Waals surface area contributed by atoms with Crippen molar-refractivity contribution in [1.82, 2.24) is 0 Å². The topological polar surface area (TPSA) is 33.4 Å². The van der Waals surface area contributed by atoms with Gasteiger partial charge in [-0.3, -0.25) is 0 Å². The summed E-state index contributed by atoms with van der Waals surface area (Å²) in [6, 6.07) is 39.9. The van der Waals surface area contributed by atoms with E-state index in [1.807, 2.05) is 24.3 Å². The maximum absolute atomic E-state index is 11.1. The molecule has 1 aliphatic rings. The molecule has 0 radical (unpaired) electrons. The molecular weight excluding hydrogens is 572 g/mol. The molecule has 1 aliphatic carbocycles. The molecule has 1 N–H and O–H groups in total. The van der Waals surface area contributed by atoms with Crippen molar-refractivity contribution in [2.24, 2.45) is 0 Å². The number of hydrogen-bond donors (Lipinski definition) is 1. The molecule has 0 atom stereocenters. The Bertz CT molecular complexity index is 2670. The zero-order chi connectivity index (χ0) is 31.5. The fourth-order valence-corrected chi connectivity index (χ4v) is 7.39. The van der Waals surface area contributed by atoms with Crippen molar-refractivity contribution >= 4 is 60.3 Å². The molecule has 0 unspecified atom stereocenters. The average Bonchev–Trinajstić information content (AvgIpc) is 3.49. The van der Waals surface area contributed by atoms with Gasteiger partial charge in [0.2, 0.25) is 0 Å². The molecule has 7 aromatic carbocycles. The predicted molar refractivity (Wildman–Crippen MR) is 198 cm³/mol. The lowest BCUT2D eigenvalue weighted by molar-refractivity contribution is 0.481. The Kier molecular flexibility index (Phi) is 6.13. The molecule has 220 valence electrons. The van der Waals surface area contributed by atoms with Crippen molar-refractivity contribution in [1.29, 1.82) is 0 Å². The summed E-state index contributed by atoms with van der Waals surface area (Å²) in [7, 11) is 0. The fraction of sp³-hybridized carbons (Fsp3) is 0.0222. The lowest BCUT2D eigenvalue weighted by Gasteiger charge is -2.21. The van der Waals surface area contributed by atoms with Crippen LogP contribution in [0.25, 0.3) is 82.6 Å². The Hall–Kier alpha value is -6.30. The van der Waals surface area contributed by atoms with Crippen LogP contribution in [0.15, 0.2) is 150 Å². The van der Waals surface area contributed by atoms with Crippen LogP contribution in [0.2, 0.25) is 0 Å². The molecule has 0 amide bonds. The zero-order valence-corrected chi connectivity index (χ0v) is 25.5. The summed E-state index contributed by atoms with van der Waals surface area (Å²) in [5, 5.41) is 19.5. The fourth-order valence-electron chi connectivity index (χ4n) is 7.39. The zero-order valence-electron chi connectivity index (χ0n) is 25.5. The summed E-state index contributed by atoms with van der Waals surface area (Å²) >= 11 is 0. The number of hydrogen-bond acceptors (Lipinski definition) is 2. The van der Waals surface area contributed by atoms with Crippen molar-refractivity contribution in [2.45, 2.75) is 6.42 Å². The predicted octanol–water partition coefficient (Wildman–Crippen LogP) is 12.0. The summed E-state index contributed by atoms with van der Waals surface area (Å²) in [6.45, 7) is 0. The van der Waals surface area contributed by atoms with E-state index in [1.54, 1.807) is 6.07 Å². The maximum atomic E-state index is 11.1. The van der Waals surface area contributed by atoms with Gasteiger partial charge < -0.3 is 9.52 Å². The number of terminal acetylenes is 1. The summed E-state index contributed by atoms with van der Waals surface area (Å²) in [5.41, 5.74) is 9.05. The molecule has 0 aliphatic heterocycles. The van der Waals surface area contributed by atoms with Crippen molar-refractivity contribution in [3.8, 4) is 40.3 Å². The molecule has 2 nitrogen and oxygen atoms in total. The number of benzene rings is 7. The van der Waals surface area contributed by atoms with Crippen molar-refractivity contribution in [3.05, 3.63) is 156 Å². The molecule has 8 aromatic rings. The first-order chi connectivity index (χ1) is 23.2. The van der Waals surface area contributed by atoms with Crippen LogP contribution >= 0.6 is 0 Å². The van der Waals surface area contributed by atoms with Crippen LogP contribution in [0.4, 0.5) is 0 Å². The van der Waals surface area contributed by atoms with Crippen LogP contribution in [0.3, 0.4) is 0 Å².